The molecule has 3 nitrogen and oxygen atoms in total. The van der Waals surface area contributed by atoms with Crippen LogP contribution in [0.3, 0.4) is 0 Å². The van der Waals surface area contributed by atoms with Crippen LogP contribution in [0.15, 0.2) is 18.3 Å². The molecule has 0 aliphatic heterocycles. The average Bonchev–Trinajstić information content (AvgIpc) is 3.03. The molecule has 1 aromatic heterocycles. The predicted octanol–water partition coefficient (Wildman–Crippen LogP) is 5.45. The van der Waals surface area contributed by atoms with Crippen LogP contribution in [0, 0.1) is 0 Å². The molecule has 0 amide bonds. The molecule has 2 unspecified atom stereocenters. The monoisotopic (exact) mass is 436 g/mol. The first-order valence-electron chi connectivity index (χ1n) is 7.02. The fourth-order valence-corrected chi connectivity index (χ4v) is 4.50. The molecule has 12 heteroatoms. The van der Waals surface area contributed by atoms with Crippen molar-refractivity contribution >= 4 is 34.0 Å². The Kier molecular flexibility index (Phi) is 4.81. The number of nitrogens with zero attached hydrogens (tertiary/aromatic N) is 2. The zero-order valence-electron chi connectivity index (χ0n) is 12.5. The molecule has 0 saturated heterocycles. The summed E-state index contributed by atoms with van der Waals surface area (Å²) in [6.07, 6.45) is -3.31. The van der Waals surface area contributed by atoms with Gasteiger partial charge in [-0.15, -0.1) is 0 Å². The normalized spacial score (nSPS) is 18.8. The summed E-state index contributed by atoms with van der Waals surface area (Å²) in [7, 11) is -3.11. The Balaban J connectivity index is 2.03. The molecule has 2 aromatic rings. The lowest BCUT2D eigenvalue weighted by molar-refractivity contribution is -0.137. The Morgan fingerprint density at radius 2 is 1.69 bits per heavy atom. The fraction of sp³-hybridized carbons (Fsp3) is 0.357. The average molecular weight is 437 g/mol. The third-order valence-electron chi connectivity index (χ3n) is 3.87. The lowest BCUT2D eigenvalue weighted by atomic mass is 10.2. The maximum atomic E-state index is 12.8. The highest BCUT2D eigenvalue weighted by molar-refractivity contribution is 7.86. The van der Waals surface area contributed by atoms with E-state index in [1.165, 1.54) is 6.20 Å². The van der Waals surface area contributed by atoms with E-state index in [0.717, 1.165) is 4.68 Å². The molecule has 142 valence electrons. The molecule has 0 N–H and O–H groups in total. The summed E-state index contributed by atoms with van der Waals surface area (Å²) in [5.41, 5.74) is -5.63. The van der Waals surface area contributed by atoms with E-state index in [9.17, 15) is 30.6 Å². The SMILES string of the molecule is O=S(C1CCc2nn(-c3c(Cl)cc(C(F)(F)F)cc3Cl)cc21)C(F)(F)F. The Morgan fingerprint density at radius 1 is 1.12 bits per heavy atom. The van der Waals surface area contributed by atoms with Crippen molar-refractivity contribution in [1.29, 1.82) is 0 Å². The molecule has 0 radical (unpaired) electrons. The first-order chi connectivity index (χ1) is 11.9. The van der Waals surface area contributed by atoms with Crippen LogP contribution in [0.5, 0.6) is 0 Å². The van der Waals surface area contributed by atoms with Gasteiger partial charge in [0.05, 0.1) is 26.6 Å². The van der Waals surface area contributed by atoms with Crippen LogP contribution in [-0.2, 0) is 23.4 Å². The molecule has 0 spiro atoms. The third kappa shape index (κ3) is 3.46. The summed E-state index contributed by atoms with van der Waals surface area (Å²) >= 11 is 11.8. The van der Waals surface area contributed by atoms with E-state index in [1.807, 2.05) is 0 Å². The van der Waals surface area contributed by atoms with Gasteiger partial charge in [-0.2, -0.15) is 31.4 Å². The topological polar surface area (TPSA) is 34.9 Å². The van der Waals surface area contributed by atoms with Gasteiger partial charge in [-0.3, -0.25) is 0 Å². The van der Waals surface area contributed by atoms with E-state index in [0.29, 0.717) is 12.1 Å². The number of rotatable bonds is 2. The molecule has 1 aliphatic carbocycles. The van der Waals surface area contributed by atoms with Crippen molar-refractivity contribution in [2.45, 2.75) is 29.8 Å². The van der Waals surface area contributed by atoms with Gasteiger partial charge in [-0.1, -0.05) is 23.2 Å². The van der Waals surface area contributed by atoms with Crippen molar-refractivity contribution in [3.8, 4) is 5.69 Å². The molecule has 1 aliphatic rings. The highest BCUT2D eigenvalue weighted by atomic mass is 35.5. The van der Waals surface area contributed by atoms with Crippen LogP contribution < -0.4 is 0 Å². The van der Waals surface area contributed by atoms with E-state index in [2.05, 4.69) is 5.10 Å². The Bertz CT molecular complexity index is 870. The number of hydrogen-bond donors (Lipinski definition) is 0. The Hall–Kier alpha value is -1.26. The van der Waals surface area contributed by atoms with Crippen LogP contribution in [0.25, 0.3) is 5.69 Å². The minimum Gasteiger partial charge on any atom is -0.250 e. The molecule has 1 aromatic carbocycles. The summed E-state index contributed by atoms with van der Waals surface area (Å²) in [5, 5.41) is 2.04. The number of aromatic nitrogens is 2. The van der Waals surface area contributed by atoms with Gasteiger partial charge < -0.3 is 0 Å². The van der Waals surface area contributed by atoms with Crippen molar-refractivity contribution in [3.05, 3.63) is 45.2 Å². The van der Waals surface area contributed by atoms with Crippen LogP contribution in [0.2, 0.25) is 10.0 Å². The van der Waals surface area contributed by atoms with Crippen LogP contribution in [0.4, 0.5) is 26.3 Å². The molecular weight excluding hydrogens is 429 g/mol. The van der Waals surface area contributed by atoms with Crippen molar-refractivity contribution in [1.82, 2.24) is 9.78 Å². The minimum atomic E-state index is -4.88. The molecule has 2 atom stereocenters. The van der Waals surface area contributed by atoms with Crippen molar-refractivity contribution in [3.63, 3.8) is 0 Å². The van der Waals surface area contributed by atoms with Crippen molar-refractivity contribution in [2.75, 3.05) is 0 Å². The number of halogens is 8. The standard InChI is InChI=1S/C14H8Cl2F6N2OS/c15-8-3-6(13(17,18)19)4-9(16)12(8)24-5-7-10(23-24)1-2-11(7)26(25)14(20,21)22/h3-5,11H,1-2H2. The predicted molar refractivity (Wildman–Crippen MR) is 83.8 cm³/mol. The fourth-order valence-electron chi connectivity index (χ4n) is 2.76. The maximum Gasteiger partial charge on any atom is 0.471 e. The second-order valence-electron chi connectivity index (χ2n) is 5.53. The Labute approximate surface area is 155 Å². The zero-order valence-corrected chi connectivity index (χ0v) is 14.8. The largest absolute Gasteiger partial charge is 0.471 e. The molecule has 26 heavy (non-hydrogen) atoms. The number of aryl methyl sites for hydroxylation is 1. The smallest absolute Gasteiger partial charge is 0.250 e. The third-order valence-corrected chi connectivity index (χ3v) is 5.91. The first kappa shape index (κ1) is 19.5. The van der Waals surface area contributed by atoms with Gasteiger partial charge in [0.15, 0.2) is 0 Å². The van der Waals surface area contributed by atoms with Gasteiger partial charge in [0, 0.05) is 11.8 Å². The van der Waals surface area contributed by atoms with Crippen LogP contribution in [0.1, 0.15) is 28.5 Å². The molecule has 0 fully saturated rings. The lowest BCUT2D eigenvalue weighted by Crippen LogP contribution is -2.21. The van der Waals surface area contributed by atoms with E-state index in [4.69, 9.17) is 23.2 Å². The van der Waals surface area contributed by atoms with Gasteiger partial charge in [0.2, 0.25) is 0 Å². The minimum absolute atomic E-state index is 0.0130. The van der Waals surface area contributed by atoms with E-state index < -0.39 is 33.3 Å². The lowest BCUT2D eigenvalue weighted by Gasteiger charge is -2.14. The number of hydrogen-bond acceptors (Lipinski definition) is 2. The van der Waals surface area contributed by atoms with E-state index in [1.54, 1.807) is 0 Å². The quantitative estimate of drug-likeness (QED) is 0.586. The number of benzene rings is 1. The van der Waals surface area contributed by atoms with Crippen molar-refractivity contribution < 1.29 is 30.6 Å². The molecule has 3 rings (SSSR count). The van der Waals surface area contributed by atoms with Gasteiger partial charge in [-0.05, 0) is 25.0 Å². The van der Waals surface area contributed by atoms with Crippen molar-refractivity contribution in [2.24, 2.45) is 0 Å². The molecular formula is C14H8Cl2F6N2OS. The van der Waals surface area contributed by atoms with Crippen LogP contribution in [-0.4, -0.2) is 19.5 Å². The van der Waals surface area contributed by atoms with E-state index >= 15 is 0 Å². The first-order valence-corrected chi connectivity index (χ1v) is 8.99. The van der Waals surface area contributed by atoms with Crippen LogP contribution >= 0.6 is 23.2 Å². The van der Waals surface area contributed by atoms with Gasteiger partial charge in [0.1, 0.15) is 16.5 Å². The zero-order chi connectivity index (χ0) is 19.4. The summed E-state index contributed by atoms with van der Waals surface area (Å²) in [5.74, 6) is 0. The summed E-state index contributed by atoms with van der Waals surface area (Å²) < 4.78 is 89.2. The second kappa shape index (κ2) is 6.42. The number of fused-ring (bicyclic) bond motifs is 1. The molecule has 0 saturated carbocycles. The van der Waals surface area contributed by atoms with Gasteiger partial charge in [-0.25, -0.2) is 8.89 Å². The number of alkyl halides is 6. The van der Waals surface area contributed by atoms with E-state index in [-0.39, 0.29) is 39.8 Å². The molecule has 0 bridgehead atoms. The Morgan fingerprint density at radius 3 is 2.19 bits per heavy atom. The second-order valence-corrected chi connectivity index (χ2v) is 7.97. The summed E-state index contributed by atoms with van der Waals surface area (Å²) in [6.45, 7) is 0. The molecule has 1 heterocycles. The highest BCUT2D eigenvalue weighted by Crippen LogP contribution is 2.42. The van der Waals surface area contributed by atoms with Gasteiger partial charge in [0.25, 0.3) is 0 Å². The summed E-state index contributed by atoms with van der Waals surface area (Å²) in [4.78, 5) is 0. The summed E-state index contributed by atoms with van der Waals surface area (Å²) in [6, 6.07) is 1.31. The maximum absolute atomic E-state index is 12.8. The van der Waals surface area contributed by atoms with Gasteiger partial charge >= 0.3 is 11.7 Å². The highest BCUT2D eigenvalue weighted by Gasteiger charge is 2.45.